The molecule has 0 unspecified atom stereocenters. The summed E-state index contributed by atoms with van der Waals surface area (Å²) in [5.41, 5.74) is 5.61. The van der Waals surface area contributed by atoms with Gasteiger partial charge in [0.1, 0.15) is 17.3 Å². The van der Waals surface area contributed by atoms with Gasteiger partial charge in [0.15, 0.2) is 0 Å². The number of amides is 1. The zero-order valence-corrected chi connectivity index (χ0v) is 12.3. The molecule has 1 rings (SSSR count). The van der Waals surface area contributed by atoms with Crippen LogP contribution in [0.2, 0.25) is 0 Å². The van der Waals surface area contributed by atoms with E-state index in [4.69, 9.17) is 22.7 Å². The number of nitrogens with two attached hydrogens (primary N) is 1. The number of carbonyl (C=O) groups excluding carboxylic acids is 1. The highest BCUT2D eigenvalue weighted by Gasteiger charge is 2.25. The second-order valence-corrected chi connectivity index (χ2v) is 5.47. The number of anilines is 1. The van der Waals surface area contributed by atoms with Crippen molar-refractivity contribution in [2.75, 3.05) is 11.9 Å². The van der Waals surface area contributed by atoms with E-state index in [1.54, 1.807) is 12.1 Å². The SMILES string of the molecule is CCC(C)(C)C(=O)Nc1ccccc1OCC(N)=S. The van der Waals surface area contributed by atoms with Gasteiger partial charge in [-0.2, -0.15) is 0 Å². The maximum atomic E-state index is 12.1. The molecule has 0 aromatic heterocycles. The first-order valence-corrected chi connectivity index (χ1v) is 6.59. The number of para-hydroxylation sites is 2. The molecule has 0 saturated heterocycles. The second-order valence-electron chi connectivity index (χ2n) is 4.94. The Kier molecular flexibility index (Phi) is 5.30. The third-order valence-electron chi connectivity index (χ3n) is 3.00. The summed E-state index contributed by atoms with van der Waals surface area (Å²) in [6.07, 6.45) is 0.759. The predicted molar refractivity (Wildman–Crippen MR) is 81.4 cm³/mol. The summed E-state index contributed by atoms with van der Waals surface area (Å²) in [6, 6.07) is 7.23. The second kappa shape index (κ2) is 6.52. The van der Waals surface area contributed by atoms with Gasteiger partial charge in [-0.25, -0.2) is 0 Å². The Morgan fingerprint density at radius 3 is 2.63 bits per heavy atom. The van der Waals surface area contributed by atoms with Gasteiger partial charge in [-0.1, -0.05) is 45.1 Å². The molecule has 0 spiro atoms. The molecule has 5 heteroatoms. The Morgan fingerprint density at radius 1 is 1.42 bits per heavy atom. The lowest BCUT2D eigenvalue weighted by molar-refractivity contribution is -0.124. The maximum Gasteiger partial charge on any atom is 0.230 e. The average molecular weight is 280 g/mol. The van der Waals surface area contributed by atoms with E-state index in [0.29, 0.717) is 11.4 Å². The van der Waals surface area contributed by atoms with Crippen molar-refractivity contribution in [3.8, 4) is 5.75 Å². The van der Waals surface area contributed by atoms with Gasteiger partial charge in [0.2, 0.25) is 5.91 Å². The highest BCUT2D eigenvalue weighted by molar-refractivity contribution is 7.80. The minimum atomic E-state index is -0.420. The molecule has 1 aromatic rings. The maximum absolute atomic E-state index is 12.1. The van der Waals surface area contributed by atoms with Gasteiger partial charge in [-0.3, -0.25) is 4.79 Å². The molecule has 104 valence electrons. The van der Waals surface area contributed by atoms with Crippen LogP contribution in [0.3, 0.4) is 0 Å². The molecule has 3 N–H and O–H groups in total. The highest BCUT2D eigenvalue weighted by atomic mass is 32.1. The molecule has 0 saturated carbocycles. The minimum absolute atomic E-state index is 0.0404. The summed E-state index contributed by atoms with van der Waals surface area (Å²) in [4.78, 5) is 12.4. The summed E-state index contributed by atoms with van der Waals surface area (Å²) < 4.78 is 5.46. The van der Waals surface area contributed by atoms with Crippen LogP contribution in [0.5, 0.6) is 5.75 Å². The fourth-order valence-electron chi connectivity index (χ4n) is 1.30. The Bertz CT molecular complexity index is 472. The van der Waals surface area contributed by atoms with Crippen LogP contribution in [0.4, 0.5) is 5.69 Å². The molecule has 0 aliphatic rings. The van der Waals surface area contributed by atoms with E-state index < -0.39 is 5.41 Å². The molecule has 0 fully saturated rings. The van der Waals surface area contributed by atoms with Crippen LogP contribution in [0.15, 0.2) is 24.3 Å². The third-order valence-corrected chi connectivity index (χ3v) is 3.12. The normalized spacial score (nSPS) is 10.9. The van der Waals surface area contributed by atoms with E-state index in [1.807, 2.05) is 32.9 Å². The van der Waals surface area contributed by atoms with Crippen LogP contribution in [0.1, 0.15) is 27.2 Å². The molecule has 19 heavy (non-hydrogen) atoms. The number of nitrogens with one attached hydrogen (secondary N) is 1. The molecule has 4 nitrogen and oxygen atoms in total. The van der Waals surface area contributed by atoms with Crippen molar-refractivity contribution in [3.05, 3.63) is 24.3 Å². The molecule has 0 atom stereocenters. The Hall–Kier alpha value is -1.62. The summed E-state index contributed by atoms with van der Waals surface area (Å²) >= 11 is 4.77. The van der Waals surface area contributed by atoms with E-state index >= 15 is 0 Å². The fourth-order valence-corrected chi connectivity index (χ4v) is 1.36. The Labute approximate surface area is 119 Å². The topological polar surface area (TPSA) is 64.3 Å². The molecule has 0 bridgehead atoms. The minimum Gasteiger partial charge on any atom is -0.484 e. The first-order valence-electron chi connectivity index (χ1n) is 6.18. The largest absolute Gasteiger partial charge is 0.484 e. The van der Waals surface area contributed by atoms with Crippen molar-refractivity contribution in [1.82, 2.24) is 0 Å². The number of ether oxygens (including phenoxy) is 1. The van der Waals surface area contributed by atoms with E-state index in [2.05, 4.69) is 5.32 Å². The van der Waals surface area contributed by atoms with Gasteiger partial charge in [-0.15, -0.1) is 0 Å². The summed E-state index contributed by atoms with van der Waals surface area (Å²) in [5, 5.41) is 2.88. The van der Waals surface area contributed by atoms with Crippen LogP contribution >= 0.6 is 12.2 Å². The van der Waals surface area contributed by atoms with Crippen molar-refractivity contribution in [2.45, 2.75) is 27.2 Å². The van der Waals surface area contributed by atoms with E-state index in [0.717, 1.165) is 6.42 Å². The smallest absolute Gasteiger partial charge is 0.230 e. The molecule has 0 aliphatic heterocycles. The quantitative estimate of drug-likeness (QED) is 0.786. The van der Waals surface area contributed by atoms with Crippen LogP contribution in [-0.2, 0) is 4.79 Å². The van der Waals surface area contributed by atoms with Crippen molar-refractivity contribution in [1.29, 1.82) is 0 Å². The number of hydrogen-bond donors (Lipinski definition) is 2. The first kappa shape index (κ1) is 15.4. The van der Waals surface area contributed by atoms with Gasteiger partial charge in [0.25, 0.3) is 0 Å². The average Bonchev–Trinajstić information content (AvgIpc) is 2.37. The zero-order chi connectivity index (χ0) is 14.5. The fraction of sp³-hybridized carbons (Fsp3) is 0.429. The number of hydrogen-bond acceptors (Lipinski definition) is 3. The predicted octanol–water partition coefficient (Wildman–Crippen LogP) is 2.73. The van der Waals surface area contributed by atoms with Crippen LogP contribution in [-0.4, -0.2) is 17.5 Å². The van der Waals surface area contributed by atoms with Gasteiger partial charge >= 0.3 is 0 Å². The van der Waals surface area contributed by atoms with Crippen molar-refractivity contribution in [2.24, 2.45) is 11.1 Å². The van der Waals surface area contributed by atoms with Crippen LogP contribution in [0.25, 0.3) is 0 Å². The molecule has 0 aliphatic carbocycles. The van der Waals surface area contributed by atoms with Crippen molar-refractivity contribution in [3.63, 3.8) is 0 Å². The van der Waals surface area contributed by atoms with Gasteiger partial charge in [-0.05, 0) is 18.6 Å². The molecule has 1 aromatic carbocycles. The monoisotopic (exact) mass is 280 g/mol. The van der Waals surface area contributed by atoms with Gasteiger partial charge in [0, 0.05) is 5.41 Å². The molecular formula is C14H20N2O2S. The highest BCUT2D eigenvalue weighted by Crippen LogP contribution is 2.27. The lowest BCUT2D eigenvalue weighted by atomic mass is 9.89. The first-order chi connectivity index (χ1) is 8.86. The van der Waals surface area contributed by atoms with Gasteiger partial charge in [0.05, 0.1) is 5.69 Å². The van der Waals surface area contributed by atoms with E-state index in [1.165, 1.54) is 0 Å². The lowest BCUT2D eigenvalue weighted by Crippen LogP contribution is -2.30. The Morgan fingerprint density at radius 2 is 2.05 bits per heavy atom. The van der Waals surface area contributed by atoms with Crippen LogP contribution < -0.4 is 15.8 Å². The summed E-state index contributed by atoms with van der Waals surface area (Å²) in [7, 11) is 0. The zero-order valence-electron chi connectivity index (χ0n) is 11.5. The number of carbonyl (C=O) groups is 1. The van der Waals surface area contributed by atoms with E-state index in [9.17, 15) is 4.79 Å². The van der Waals surface area contributed by atoms with Gasteiger partial charge < -0.3 is 15.8 Å². The molecular weight excluding hydrogens is 260 g/mol. The summed E-state index contributed by atoms with van der Waals surface area (Å²) in [5.74, 6) is 0.525. The standard InChI is InChI=1S/C14H20N2O2S/c1-4-14(2,3)13(17)16-10-7-5-6-8-11(10)18-9-12(15)19/h5-8H,4,9H2,1-3H3,(H2,15,19)(H,16,17). The Balaban J connectivity index is 2.83. The number of benzene rings is 1. The number of thiocarbonyl (C=S) groups is 1. The molecule has 0 heterocycles. The molecule has 1 amide bonds. The summed E-state index contributed by atoms with van der Waals surface area (Å²) in [6.45, 7) is 5.94. The van der Waals surface area contributed by atoms with Crippen LogP contribution in [0, 0.1) is 5.41 Å². The molecule has 0 radical (unpaired) electrons. The third kappa shape index (κ3) is 4.52. The lowest BCUT2D eigenvalue weighted by Gasteiger charge is -2.22. The van der Waals surface area contributed by atoms with E-state index in [-0.39, 0.29) is 17.5 Å². The van der Waals surface area contributed by atoms with Crippen molar-refractivity contribution >= 4 is 28.8 Å². The number of rotatable bonds is 6. The van der Waals surface area contributed by atoms with Crippen molar-refractivity contribution < 1.29 is 9.53 Å².